The van der Waals surface area contributed by atoms with Crippen LogP contribution < -0.4 is 10.6 Å². The number of hydrogen-bond acceptors (Lipinski definition) is 8. The number of aryl methyl sites for hydroxylation is 3. The number of nitrogens with one attached hydrogen (secondary N) is 2. The Morgan fingerprint density at radius 2 is 2.03 bits per heavy atom. The molecule has 0 spiro atoms. The van der Waals surface area contributed by atoms with Gasteiger partial charge in [-0.15, -0.1) is 11.3 Å². The predicted octanol–water partition coefficient (Wildman–Crippen LogP) is 3.06. The minimum absolute atomic E-state index is 0.109. The van der Waals surface area contributed by atoms with Crippen molar-refractivity contribution in [2.45, 2.75) is 46.6 Å². The van der Waals surface area contributed by atoms with Crippen LogP contribution in [0.15, 0.2) is 34.8 Å². The maximum atomic E-state index is 12.7. The van der Waals surface area contributed by atoms with Crippen LogP contribution in [0.1, 0.15) is 46.9 Å². The van der Waals surface area contributed by atoms with Gasteiger partial charge in [-0.3, -0.25) is 4.79 Å². The predicted molar refractivity (Wildman–Crippen MR) is 129 cm³/mol. The van der Waals surface area contributed by atoms with E-state index >= 15 is 0 Å². The third-order valence-electron chi connectivity index (χ3n) is 5.72. The molecule has 0 aliphatic carbocycles. The second-order valence-electron chi connectivity index (χ2n) is 8.14. The third kappa shape index (κ3) is 5.19. The molecule has 0 radical (unpaired) electrons. The first-order valence-electron chi connectivity index (χ1n) is 11.3. The van der Waals surface area contributed by atoms with Crippen molar-refractivity contribution < 1.29 is 23.9 Å². The van der Waals surface area contributed by atoms with Crippen molar-refractivity contribution in [2.24, 2.45) is 0 Å². The number of hydrogen-bond donors (Lipinski definition) is 2. The maximum absolute atomic E-state index is 12.7. The van der Waals surface area contributed by atoms with Gasteiger partial charge in [-0.05, 0) is 51.1 Å². The van der Waals surface area contributed by atoms with Gasteiger partial charge in [0, 0.05) is 28.8 Å². The molecule has 0 fully saturated rings. The Hall–Kier alpha value is -3.73. The van der Waals surface area contributed by atoms with Crippen LogP contribution in [0, 0.1) is 20.8 Å². The summed E-state index contributed by atoms with van der Waals surface area (Å²) < 4.78 is 12.4. The summed E-state index contributed by atoms with van der Waals surface area (Å²) in [5.41, 5.74) is 4.75. The molecule has 4 rings (SSSR count). The summed E-state index contributed by atoms with van der Waals surface area (Å²) in [4.78, 5) is 43.0. The first kappa shape index (κ1) is 24.4. The monoisotopic (exact) mass is 497 g/mol. The highest BCUT2D eigenvalue weighted by Crippen LogP contribution is 2.30. The van der Waals surface area contributed by atoms with E-state index in [1.165, 1.54) is 11.3 Å². The zero-order valence-electron chi connectivity index (χ0n) is 20.0. The quantitative estimate of drug-likeness (QED) is 0.458. The number of urea groups is 1. The summed E-state index contributed by atoms with van der Waals surface area (Å²) in [6.45, 7) is 7.38. The van der Waals surface area contributed by atoms with Crippen molar-refractivity contribution in [3.05, 3.63) is 62.4 Å². The van der Waals surface area contributed by atoms with Gasteiger partial charge in [0.05, 0.1) is 29.6 Å². The zero-order chi connectivity index (χ0) is 25.1. The summed E-state index contributed by atoms with van der Waals surface area (Å²) in [5, 5.41) is 11.7. The number of esters is 2. The normalized spacial score (nSPS) is 15.7. The Morgan fingerprint density at radius 3 is 2.74 bits per heavy atom. The number of amides is 2. The summed E-state index contributed by atoms with van der Waals surface area (Å²) in [5.74, 6) is -1.04. The van der Waals surface area contributed by atoms with E-state index in [-0.39, 0.29) is 30.9 Å². The molecule has 35 heavy (non-hydrogen) atoms. The summed E-state index contributed by atoms with van der Waals surface area (Å²) in [6, 6.07) is 4.39. The molecule has 2 N–H and O–H groups in total. The molecule has 0 bridgehead atoms. The van der Waals surface area contributed by atoms with Crippen LogP contribution >= 0.6 is 11.3 Å². The van der Waals surface area contributed by atoms with Crippen LogP contribution in [0.4, 0.5) is 4.79 Å². The molecule has 1 aliphatic heterocycles. The number of fused-ring (bicyclic) bond motifs is 1. The van der Waals surface area contributed by atoms with E-state index in [2.05, 4.69) is 20.7 Å². The molecule has 0 aromatic carbocycles. The SMILES string of the molecule is CCOC(=O)C1=C(COC(=O)CCc2c(C)nc3cc(C)nn3c2C)NC(=O)N[C@H]1c1cccs1. The highest BCUT2D eigenvalue weighted by Gasteiger charge is 2.34. The Morgan fingerprint density at radius 1 is 1.23 bits per heavy atom. The van der Waals surface area contributed by atoms with E-state index in [9.17, 15) is 14.4 Å². The molecule has 184 valence electrons. The number of ether oxygens (including phenoxy) is 2. The van der Waals surface area contributed by atoms with Crippen molar-refractivity contribution >= 4 is 35.0 Å². The van der Waals surface area contributed by atoms with Crippen molar-refractivity contribution in [1.29, 1.82) is 0 Å². The number of carbonyl (C=O) groups is 3. The van der Waals surface area contributed by atoms with Gasteiger partial charge in [-0.25, -0.2) is 19.1 Å². The van der Waals surface area contributed by atoms with Gasteiger partial charge in [0.1, 0.15) is 6.61 Å². The minimum Gasteiger partial charge on any atom is -0.463 e. The number of aromatic nitrogens is 3. The molecule has 11 heteroatoms. The Bertz CT molecular complexity index is 1310. The number of rotatable bonds is 8. The molecule has 0 saturated carbocycles. The molecule has 0 unspecified atom stereocenters. The van der Waals surface area contributed by atoms with Crippen LogP contribution in [0.5, 0.6) is 0 Å². The van der Waals surface area contributed by atoms with Gasteiger partial charge in [0.25, 0.3) is 0 Å². The molecule has 10 nitrogen and oxygen atoms in total. The van der Waals surface area contributed by atoms with Crippen molar-refractivity contribution in [3.63, 3.8) is 0 Å². The molecule has 3 aromatic heterocycles. The second-order valence-corrected chi connectivity index (χ2v) is 9.12. The van der Waals surface area contributed by atoms with Crippen LogP contribution in [0.3, 0.4) is 0 Å². The van der Waals surface area contributed by atoms with E-state index in [0.717, 1.165) is 33.2 Å². The fraction of sp³-hybridized carbons (Fsp3) is 0.375. The van der Waals surface area contributed by atoms with Crippen molar-refractivity contribution in [2.75, 3.05) is 13.2 Å². The highest BCUT2D eigenvalue weighted by molar-refractivity contribution is 7.10. The van der Waals surface area contributed by atoms with Crippen molar-refractivity contribution in [3.8, 4) is 0 Å². The van der Waals surface area contributed by atoms with Crippen molar-refractivity contribution in [1.82, 2.24) is 25.2 Å². The average Bonchev–Trinajstić information content (AvgIpc) is 3.47. The topological polar surface area (TPSA) is 124 Å². The Balaban J connectivity index is 1.49. The molecule has 2 amide bonds. The first-order chi connectivity index (χ1) is 16.8. The number of thiophene rings is 1. The standard InChI is InChI=1S/C24H27N5O5S/c1-5-33-23(31)21-17(26-24(32)27-22(21)18-7-6-10-35-18)12-34-20(30)9-8-16-14(3)25-19-11-13(2)28-29(19)15(16)4/h6-7,10-11,22H,5,8-9,12H2,1-4H3,(H2,26,27,32)/t22-/m0/s1. The third-order valence-corrected chi connectivity index (χ3v) is 6.66. The van der Waals surface area contributed by atoms with Gasteiger partial charge in [-0.2, -0.15) is 5.10 Å². The number of nitrogens with zero attached hydrogens (tertiary/aromatic N) is 3. The van der Waals surface area contributed by atoms with E-state index in [1.54, 1.807) is 11.4 Å². The lowest BCUT2D eigenvalue weighted by Gasteiger charge is -2.28. The fourth-order valence-corrected chi connectivity index (χ4v) is 4.89. The maximum Gasteiger partial charge on any atom is 0.338 e. The van der Waals surface area contributed by atoms with Gasteiger partial charge in [0.2, 0.25) is 0 Å². The van der Waals surface area contributed by atoms with Gasteiger partial charge < -0.3 is 20.1 Å². The Labute approximate surface area is 206 Å². The molecule has 1 aliphatic rings. The van der Waals surface area contributed by atoms with E-state index < -0.39 is 24.0 Å². The van der Waals surface area contributed by atoms with Crippen LogP contribution in [0.25, 0.3) is 5.65 Å². The summed E-state index contributed by atoms with van der Waals surface area (Å²) in [7, 11) is 0. The second kappa shape index (κ2) is 10.3. The molecular formula is C24H27N5O5S. The summed E-state index contributed by atoms with van der Waals surface area (Å²) >= 11 is 1.40. The van der Waals surface area contributed by atoms with E-state index in [0.29, 0.717) is 6.42 Å². The summed E-state index contributed by atoms with van der Waals surface area (Å²) in [6.07, 6.45) is 0.533. The first-order valence-corrected chi connectivity index (χ1v) is 12.2. The van der Waals surface area contributed by atoms with Crippen LogP contribution in [0.2, 0.25) is 0 Å². The lowest BCUT2D eigenvalue weighted by molar-refractivity contribution is -0.143. The molecule has 0 saturated heterocycles. The molecule has 1 atom stereocenters. The van der Waals surface area contributed by atoms with E-state index in [1.807, 2.05) is 44.4 Å². The lowest BCUT2D eigenvalue weighted by Crippen LogP contribution is -2.46. The number of carbonyl (C=O) groups excluding carboxylic acids is 3. The average molecular weight is 498 g/mol. The van der Waals surface area contributed by atoms with Gasteiger partial charge in [0.15, 0.2) is 5.65 Å². The van der Waals surface area contributed by atoms with Gasteiger partial charge in [-0.1, -0.05) is 6.07 Å². The molecule has 3 aromatic rings. The van der Waals surface area contributed by atoms with E-state index in [4.69, 9.17) is 9.47 Å². The van der Waals surface area contributed by atoms with Crippen LogP contribution in [-0.4, -0.2) is 45.8 Å². The highest BCUT2D eigenvalue weighted by atomic mass is 32.1. The minimum atomic E-state index is -0.683. The fourth-order valence-electron chi connectivity index (χ4n) is 4.11. The molecular weight excluding hydrogens is 470 g/mol. The van der Waals surface area contributed by atoms with Gasteiger partial charge >= 0.3 is 18.0 Å². The lowest BCUT2D eigenvalue weighted by atomic mass is 10.0. The molecule has 4 heterocycles. The smallest absolute Gasteiger partial charge is 0.338 e. The zero-order valence-corrected chi connectivity index (χ0v) is 20.8. The largest absolute Gasteiger partial charge is 0.463 e. The Kier molecular flexibility index (Phi) is 7.15. The van der Waals surface area contributed by atoms with Crippen LogP contribution in [-0.2, 0) is 25.5 Å².